The number of aromatic nitrogens is 1. The van der Waals surface area contributed by atoms with Crippen molar-refractivity contribution in [3.8, 4) is 23.0 Å². The second-order valence-electron chi connectivity index (χ2n) is 12.8. The van der Waals surface area contributed by atoms with Gasteiger partial charge in [0.05, 0.1) is 26.7 Å². The van der Waals surface area contributed by atoms with Crippen molar-refractivity contribution >= 4 is 22.6 Å². The quantitative estimate of drug-likeness (QED) is 0.177. The minimum absolute atomic E-state index is 0.0570. The molecule has 1 atom stereocenters. The Kier molecular flexibility index (Phi) is 9.61. The Bertz CT molecular complexity index is 1670. The topological polar surface area (TPSA) is 107 Å². The lowest BCUT2D eigenvalue weighted by molar-refractivity contribution is -0.137. The number of ether oxygens (including phenoxy) is 3. The Labute approximate surface area is 264 Å². The number of methoxy groups -OCH3 is 2. The molecule has 0 saturated heterocycles. The SMILES string of the molecule is COc1ccc(C(CC(=O)O)NC(=O)c2cc3ccc(Oc4ccc(C(C)(C)C)cc4)cc3c(CC3CCCC3)n2)cc1OC. The van der Waals surface area contributed by atoms with Crippen molar-refractivity contribution in [2.45, 2.75) is 70.8 Å². The van der Waals surface area contributed by atoms with Crippen LogP contribution in [0.5, 0.6) is 23.0 Å². The van der Waals surface area contributed by atoms with E-state index in [0.717, 1.165) is 41.5 Å². The van der Waals surface area contributed by atoms with Gasteiger partial charge in [0.2, 0.25) is 0 Å². The van der Waals surface area contributed by atoms with Crippen LogP contribution in [0, 0.1) is 5.92 Å². The van der Waals surface area contributed by atoms with Gasteiger partial charge in [-0.25, -0.2) is 4.98 Å². The minimum Gasteiger partial charge on any atom is -0.493 e. The maximum atomic E-state index is 13.7. The Morgan fingerprint density at radius 2 is 1.60 bits per heavy atom. The van der Waals surface area contributed by atoms with Gasteiger partial charge in [0.1, 0.15) is 17.2 Å². The molecule has 1 amide bonds. The molecule has 8 nitrogen and oxygen atoms in total. The van der Waals surface area contributed by atoms with E-state index >= 15 is 0 Å². The molecule has 2 N–H and O–H groups in total. The highest BCUT2D eigenvalue weighted by molar-refractivity contribution is 5.98. The maximum Gasteiger partial charge on any atom is 0.305 e. The number of aliphatic carboxylic acids is 1. The Morgan fingerprint density at radius 3 is 2.24 bits per heavy atom. The molecule has 1 aromatic heterocycles. The van der Waals surface area contributed by atoms with Crippen molar-refractivity contribution in [1.29, 1.82) is 0 Å². The second kappa shape index (κ2) is 13.6. The number of carboxylic acid groups (broad SMARTS) is 1. The molecule has 45 heavy (non-hydrogen) atoms. The van der Waals surface area contributed by atoms with Crippen molar-refractivity contribution in [1.82, 2.24) is 10.3 Å². The second-order valence-corrected chi connectivity index (χ2v) is 12.8. The highest BCUT2D eigenvalue weighted by Crippen LogP contribution is 2.34. The monoisotopic (exact) mass is 610 g/mol. The van der Waals surface area contributed by atoms with Crippen LogP contribution in [-0.2, 0) is 16.6 Å². The molecule has 1 heterocycles. The zero-order chi connectivity index (χ0) is 32.1. The number of nitrogens with one attached hydrogen (secondary N) is 1. The number of fused-ring (bicyclic) bond motifs is 1. The Morgan fingerprint density at radius 1 is 0.911 bits per heavy atom. The van der Waals surface area contributed by atoms with Crippen molar-refractivity contribution in [2.24, 2.45) is 5.92 Å². The third-order valence-corrected chi connectivity index (χ3v) is 8.52. The summed E-state index contributed by atoms with van der Waals surface area (Å²) >= 11 is 0. The lowest BCUT2D eigenvalue weighted by Gasteiger charge is -2.20. The van der Waals surface area contributed by atoms with Gasteiger partial charge in [-0.2, -0.15) is 0 Å². The molecule has 1 fully saturated rings. The van der Waals surface area contributed by atoms with Crippen LogP contribution >= 0.6 is 0 Å². The van der Waals surface area contributed by atoms with Gasteiger partial charge in [0.15, 0.2) is 11.5 Å². The van der Waals surface area contributed by atoms with Crippen LogP contribution in [0.4, 0.5) is 0 Å². The van der Waals surface area contributed by atoms with Gasteiger partial charge in [0.25, 0.3) is 5.91 Å². The number of nitrogens with zero attached hydrogens (tertiary/aromatic N) is 1. The lowest BCUT2D eigenvalue weighted by atomic mass is 9.87. The lowest BCUT2D eigenvalue weighted by Crippen LogP contribution is -2.31. The summed E-state index contributed by atoms with van der Waals surface area (Å²) in [6.07, 6.45) is 5.12. The number of carboxylic acids is 1. The van der Waals surface area contributed by atoms with Crippen LogP contribution in [0.25, 0.3) is 10.8 Å². The molecular formula is C37H42N2O6. The molecule has 0 aliphatic heterocycles. The fraction of sp³-hybridized carbons (Fsp3) is 0.378. The normalized spacial score (nSPS) is 14.2. The highest BCUT2D eigenvalue weighted by atomic mass is 16.5. The molecule has 4 aromatic rings. The molecule has 5 rings (SSSR count). The highest BCUT2D eigenvalue weighted by Gasteiger charge is 2.24. The molecule has 1 unspecified atom stereocenters. The number of hydrogen-bond donors (Lipinski definition) is 2. The van der Waals surface area contributed by atoms with Gasteiger partial charge in [0, 0.05) is 11.1 Å². The molecule has 236 valence electrons. The van der Waals surface area contributed by atoms with E-state index in [1.165, 1.54) is 32.6 Å². The number of carbonyl (C=O) groups is 2. The zero-order valence-electron chi connectivity index (χ0n) is 26.7. The number of hydrogen-bond acceptors (Lipinski definition) is 6. The molecule has 1 saturated carbocycles. The summed E-state index contributed by atoms with van der Waals surface area (Å²) in [6.45, 7) is 6.55. The third kappa shape index (κ3) is 7.74. The average molecular weight is 611 g/mol. The first kappa shape index (κ1) is 31.8. The number of pyridine rings is 1. The van der Waals surface area contributed by atoms with Crippen LogP contribution in [0.1, 0.15) is 86.2 Å². The fourth-order valence-electron chi connectivity index (χ4n) is 6.01. The first-order chi connectivity index (χ1) is 21.5. The number of benzene rings is 3. The van der Waals surface area contributed by atoms with E-state index in [9.17, 15) is 14.7 Å². The van der Waals surface area contributed by atoms with Gasteiger partial charge < -0.3 is 24.6 Å². The van der Waals surface area contributed by atoms with E-state index in [1.54, 1.807) is 24.3 Å². The molecular weight excluding hydrogens is 568 g/mol. The van der Waals surface area contributed by atoms with E-state index in [-0.39, 0.29) is 17.5 Å². The Hall–Kier alpha value is -4.59. The van der Waals surface area contributed by atoms with Crippen LogP contribution in [0.15, 0.2) is 66.7 Å². The number of amides is 1. The third-order valence-electron chi connectivity index (χ3n) is 8.52. The summed E-state index contributed by atoms with van der Waals surface area (Å²) < 4.78 is 17.0. The first-order valence-corrected chi connectivity index (χ1v) is 15.5. The molecule has 0 radical (unpaired) electrons. The first-order valence-electron chi connectivity index (χ1n) is 15.5. The van der Waals surface area contributed by atoms with Gasteiger partial charge in [-0.1, -0.05) is 70.7 Å². The largest absolute Gasteiger partial charge is 0.493 e. The summed E-state index contributed by atoms with van der Waals surface area (Å²) in [7, 11) is 3.04. The maximum absolute atomic E-state index is 13.7. The summed E-state index contributed by atoms with van der Waals surface area (Å²) in [6, 6.07) is 20.1. The van der Waals surface area contributed by atoms with Crippen molar-refractivity contribution in [2.75, 3.05) is 14.2 Å². The Balaban J connectivity index is 1.46. The van der Waals surface area contributed by atoms with Gasteiger partial charge >= 0.3 is 5.97 Å². The smallest absolute Gasteiger partial charge is 0.305 e. The predicted molar refractivity (Wildman–Crippen MR) is 175 cm³/mol. The van der Waals surface area contributed by atoms with E-state index in [0.29, 0.717) is 28.7 Å². The van der Waals surface area contributed by atoms with Crippen molar-refractivity contribution < 1.29 is 28.9 Å². The molecule has 8 heteroatoms. The van der Waals surface area contributed by atoms with Gasteiger partial charge in [-0.15, -0.1) is 0 Å². The van der Waals surface area contributed by atoms with Crippen LogP contribution in [0.3, 0.4) is 0 Å². The van der Waals surface area contributed by atoms with E-state index in [4.69, 9.17) is 19.2 Å². The molecule has 1 aliphatic rings. The summed E-state index contributed by atoms with van der Waals surface area (Å²) in [5.41, 5.74) is 2.98. The van der Waals surface area contributed by atoms with Crippen LogP contribution in [0.2, 0.25) is 0 Å². The van der Waals surface area contributed by atoms with Crippen LogP contribution < -0.4 is 19.5 Å². The van der Waals surface area contributed by atoms with Crippen LogP contribution in [-0.4, -0.2) is 36.2 Å². The van der Waals surface area contributed by atoms with E-state index < -0.39 is 17.9 Å². The molecule has 0 bridgehead atoms. The van der Waals surface area contributed by atoms with Crippen molar-refractivity contribution in [3.05, 3.63) is 89.2 Å². The summed E-state index contributed by atoms with van der Waals surface area (Å²) in [5, 5.41) is 14.4. The number of carbonyl (C=O) groups excluding carboxylic acids is 1. The van der Waals surface area contributed by atoms with E-state index in [1.807, 2.05) is 30.3 Å². The van der Waals surface area contributed by atoms with E-state index in [2.05, 4.69) is 38.2 Å². The predicted octanol–water partition coefficient (Wildman–Crippen LogP) is 8.02. The summed E-state index contributed by atoms with van der Waals surface area (Å²) in [4.78, 5) is 30.3. The molecule has 0 spiro atoms. The van der Waals surface area contributed by atoms with Crippen molar-refractivity contribution in [3.63, 3.8) is 0 Å². The van der Waals surface area contributed by atoms with Gasteiger partial charge in [-0.05, 0) is 76.7 Å². The standard InChI is InChI=1S/C37H42N2O6/c1-37(2,3)26-12-15-27(16-13-26)45-28-14-10-24-19-32(38-31(29(24)21-28)18-23-8-6-7-9-23)36(42)39-30(22-35(40)41)25-11-17-33(43-4)34(20-25)44-5/h10-17,19-21,23,30H,6-9,18,22H2,1-5H3,(H,39,42)(H,40,41). The fourth-order valence-corrected chi connectivity index (χ4v) is 6.01. The molecule has 3 aromatic carbocycles. The average Bonchev–Trinajstić information content (AvgIpc) is 3.53. The molecule has 1 aliphatic carbocycles. The van der Waals surface area contributed by atoms with Gasteiger partial charge in [-0.3, -0.25) is 9.59 Å². The zero-order valence-corrected chi connectivity index (χ0v) is 26.7. The summed E-state index contributed by atoms with van der Waals surface area (Å²) in [5.74, 6) is 1.44. The number of rotatable bonds is 11. The minimum atomic E-state index is -1.04.